The molecule has 0 aliphatic carbocycles. The van der Waals surface area contributed by atoms with Crippen LogP contribution >= 0.6 is 0 Å². The van der Waals surface area contributed by atoms with E-state index in [2.05, 4.69) is 34.0 Å². The van der Waals surface area contributed by atoms with Crippen LogP contribution in [0.5, 0.6) is 0 Å². The minimum Gasteiger partial charge on any atom is -0.353 e. The molecule has 1 amide bonds. The molecule has 3 aromatic rings. The summed E-state index contributed by atoms with van der Waals surface area (Å²) in [5, 5.41) is 5.17. The molecule has 0 bridgehead atoms. The third-order valence-corrected chi connectivity index (χ3v) is 4.84. The molecular weight excluding hydrogens is 328 g/mol. The zero-order valence-corrected chi connectivity index (χ0v) is 15.3. The van der Waals surface area contributed by atoms with Crippen molar-refractivity contribution in [3.63, 3.8) is 0 Å². The highest BCUT2D eigenvalue weighted by Crippen LogP contribution is 2.21. The normalized spacial score (nSPS) is 14.9. The lowest BCUT2D eigenvalue weighted by Gasteiger charge is -2.35. The summed E-state index contributed by atoms with van der Waals surface area (Å²) in [7, 11) is 1.82. The standard InChI is InChI=1S/C19H22N6O/c1-13-10-14(2)21-18-16(13)4-5-17(22-18)24-6-8-25(9-7-24)19(26)15-11-20-23(3)12-15/h4-5,10-12H,6-9H2,1-3H3. The van der Waals surface area contributed by atoms with Crippen LogP contribution in [0, 0.1) is 13.8 Å². The molecule has 0 spiro atoms. The van der Waals surface area contributed by atoms with Crippen LogP contribution in [-0.4, -0.2) is 56.7 Å². The Hall–Kier alpha value is -2.96. The van der Waals surface area contributed by atoms with E-state index in [-0.39, 0.29) is 5.91 Å². The fourth-order valence-corrected chi connectivity index (χ4v) is 3.45. The van der Waals surface area contributed by atoms with E-state index in [1.54, 1.807) is 17.1 Å². The topological polar surface area (TPSA) is 67.2 Å². The Morgan fingerprint density at radius 1 is 1.08 bits per heavy atom. The van der Waals surface area contributed by atoms with E-state index in [9.17, 15) is 4.79 Å². The molecule has 3 aromatic heterocycles. The molecule has 26 heavy (non-hydrogen) atoms. The van der Waals surface area contributed by atoms with Gasteiger partial charge in [-0.15, -0.1) is 0 Å². The van der Waals surface area contributed by atoms with Crippen LogP contribution in [0.1, 0.15) is 21.6 Å². The lowest BCUT2D eigenvalue weighted by molar-refractivity contribution is 0.0746. The zero-order valence-electron chi connectivity index (χ0n) is 15.3. The number of carbonyl (C=O) groups is 1. The maximum absolute atomic E-state index is 12.5. The number of anilines is 1. The Labute approximate surface area is 152 Å². The van der Waals surface area contributed by atoms with Gasteiger partial charge in [-0.05, 0) is 37.6 Å². The highest BCUT2D eigenvalue weighted by molar-refractivity contribution is 5.93. The van der Waals surface area contributed by atoms with Gasteiger partial charge in [0.05, 0.1) is 11.8 Å². The van der Waals surface area contributed by atoms with Gasteiger partial charge in [0.25, 0.3) is 5.91 Å². The number of rotatable bonds is 2. The third kappa shape index (κ3) is 3.00. The molecule has 1 fully saturated rings. The summed E-state index contributed by atoms with van der Waals surface area (Å²) < 4.78 is 1.65. The van der Waals surface area contributed by atoms with Crippen molar-refractivity contribution in [1.82, 2.24) is 24.6 Å². The first-order valence-corrected chi connectivity index (χ1v) is 8.79. The summed E-state index contributed by atoms with van der Waals surface area (Å²) in [5.74, 6) is 0.959. The number of nitrogens with zero attached hydrogens (tertiary/aromatic N) is 6. The maximum Gasteiger partial charge on any atom is 0.257 e. The SMILES string of the molecule is Cc1cc(C)c2ccc(N3CCN(C(=O)c4cnn(C)c4)CC3)nc2n1. The molecule has 0 aromatic carbocycles. The Balaban J connectivity index is 1.49. The van der Waals surface area contributed by atoms with Crippen molar-refractivity contribution < 1.29 is 4.79 Å². The van der Waals surface area contributed by atoms with Gasteiger partial charge in [0.2, 0.25) is 0 Å². The van der Waals surface area contributed by atoms with Gasteiger partial charge in [-0.1, -0.05) is 0 Å². The van der Waals surface area contributed by atoms with Crippen molar-refractivity contribution in [1.29, 1.82) is 0 Å². The number of amides is 1. The predicted octanol–water partition coefficient (Wildman–Crippen LogP) is 1.94. The summed E-state index contributed by atoms with van der Waals surface area (Å²) in [6.45, 7) is 6.94. The van der Waals surface area contributed by atoms with Gasteiger partial charge in [0, 0.05) is 50.5 Å². The number of fused-ring (bicyclic) bond motifs is 1. The Bertz CT molecular complexity index is 971. The number of aromatic nitrogens is 4. The highest BCUT2D eigenvalue weighted by Gasteiger charge is 2.23. The molecule has 4 heterocycles. The molecule has 134 valence electrons. The third-order valence-electron chi connectivity index (χ3n) is 4.84. The molecule has 0 N–H and O–H groups in total. The van der Waals surface area contributed by atoms with E-state index in [4.69, 9.17) is 4.98 Å². The average molecular weight is 350 g/mol. The summed E-state index contributed by atoms with van der Waals surface area (Å²) >= 11 is 0. The number of hydrogen-bond acceptors (Lipinski definition) is 5. The lowest BCUT2D eigenvalue weighted by atomic mass is 10.1. The van der Waals surface area contributed by atoms with Crippen molar-refractivity contribution in [2.75, 3.05) is 31.1 Å². The fraction of sp³-hybridized carbons (Fsp3) is 0.368. The van der Waals surface area contributed by atoms with Crippen LogP contribution in [0.2, 0.25) is 0 Å². The molecule has 1 saturated heterocycles. The first-order chi connectivity index (χ1) is 12.5. The second-order valence-electron chi connectivity index (χ2n) is 6.80. The Morgan fingerprint density at radius 3 is 2.54 bits per heavy atom. The van der Waals surface area contributed by atoms with Gasteiger partial charge in [0.1, 0.15) is 5.82 Å². The summed E-state index contributed by atoms with van der Waals surface area (Å²) in [6, 6.07) is 6.21. The number of piperazine rings is 1. The van der Waals surface area contributed by atoms with Crippen LogP contribution in [0.4, 0.5) is 5.82 Å². The van der Waals surface area contributed by atoms with E-state index in [0.717, 1.165) is 35.6 Å². The van der Waals surface area contributed by atoms with E-state index >= 15 is 0 Å². The van der Waals surface area contributed by atoms with E-state index < -0.39 is 0 Å². The van der Waals surface area contributed by atoms with E-state index in [0.29, 0.717) is 18.7 Å². The van der Waals surface area contributed by atoms with Gasteiger partial charge in [-0.3, -0.25) is 9.48 Å². The first-order valence-electron chi connectivity index (χ1n) is 8.79. The predicted molar refractivity (Wildman–Crippen MR) is 100 cm³/mol. The van der Waals surface area contributed by atoms with Crippen LogP contribution in [0.25, 0.3) is 11.0 Å². The Morgan fingerprint density at radius 2 is 1.85 bits per heavy atom. The molecular formula is C19H22N6O. The molecule has 1 aliphatic rings. The minimum atomic E-state index is 0.0390. The van der Waals surface area contributed by atoms with E-state index in [1.807, 2.05) is 24.9 Å². The smallest absolute Gasteiger partial charge is 0.257 e. The molecule has 0 atom stereocenters. The van der Waals surface area contributed by atoms with Crippen molar-refractivity contribution in [3.8, 4) is 0 Å². The summed E-state index contributed by atoms with van der Waals surface area (Å²) in [4.78, 5) is 25.9. The van der Waals surface area contributed by atoms with Crippen molar-refractivity contribution in [2.24, 2.45) is 7.05 Å². The quantitative estimate of drug-likeness (QED) is 0.707. The number of carbonyl (C=O) groups excluding carboxylic acids is 1. The molecule has 1 aliphatic heterocycles. The fourth-order valence-electron chi connectivity index (χ4n) is 3.45. The summed E-state index contributed by atoms with van der Waals surface area (Å²) in [5.41, 5.74) is 3.60. The number of pyridine rings is 2. The van der Waals surface area contributed by atoms with Crippen LogP contribution in [0.15, 0.2) is 30.6 Å². The Kier molecular flexibility index (Phi) is 4.06. The minimum absolute atomic E-state index is 0.0390. The lowest BCUT2D eigenvalue weighted by Crippen LogP contribution is -2.49. The number of hydrogen-bond donors (Lipinski definition) is 0. The second kappa shape index (κ2) is 6.40. The summed E-state index contributed by atoms with van der Waals surface area (Å²) in [6.07, 6.45) is 3.38. The van der Waals surface area contributed by atoms with Gasteiger partial charge in [0.15, 0.2) is 5.65 Å². The zero-order chi connectivity index (χ0) is 18.3. The molecule has 0 radical (unpaired) electrons. The monoisotopic (exact) mass is 350 g/mol. The van der Waals surface area contributed by atoms with Crippen LogP contribution in [-0.2, 0) is 7.05 Å². The van der Waals surface area contributed by atoms with E-state index in [1.165, 1.54) is 5.56 Å². The molecule has 7 nitrogen and oxygen atoms in total. The average Bonchev–Trinajstić information content (AvgIpc) is 3.07. The van der Waals surface area contributed by atoms with Crippen molar-refractivity contribution >= 4 is 22.8 Å². The van der Waals surface area contributed by atoms with Gasteiger partial charge in [-0.25, -0.2) is 9.97 Å². The second-order valence-corrected chi connectivity index (χ2v) is 6.80. The first kappa shape index (κ1) is 16.5. The van der Waals surface area contributed by atoms with Crippen LogP contribution in [0.3, 0.4) is 0 Å². The molecule has 4 rings (SSSR count). The number of aryl methyl sites for hydroxylation is 3. The van der Waals surface area contributed by atoms with Crippen LogP contribution < -0.4 is 4.90 Å². The van der Waals surface area contributed by atoms with Crippen molar-refractivity contribution in [2.45, 2.75) is 13.8 Å². The molecule has 0 saturated carbocycles. The van der Waals surface area contributed by atoms with Gasteiger partial charge in [-0.2, -0.15) is 5.10 Å². The maximum atomic E-state index is 12.5. The van der Waals surface area contributed by atoms with Gasteiger partial charge < -0.3 is 9.80 Å². The van der Waals surface area contributed by atoms with Gasteiger partial charge >= 0.3 is 0 Å². The molecule has 0 unspecified atom stereocenters. The highest BCUT2D eigenvalue weighted by atomic mass is 16.2. The largest absolute Gasteiger partial charge is 0.353 e. The van der Waals surface area contributed by atoms with Crippen molar-refractivity contribution in [3.05, 3.63) is 47.4 Å². The molecule has 7 heteroatoms.